The molecule has 1 aliphatic heterocycles. The Bertz CT molecular complexity index is 580. The standard InChI is InChI=1S/C17H19NO3/c19-17-10-14(21-11-13-4-2-1-3-5-13)6-7-15(17)16-12-20-9-8-18-16/h1-7,10,16,18-19H,8-9,11-12H2/t16-/m1/s1. The van der Waals surface area contributed by atoms with E-state index in [-0.39, 0.29) is 11.8 Å². The number of phenolic OH excluding ortho intramolecular Hbond substituents is 1. The molecule has 2 N–H and O–H groups in total. The predicted octanol–water partition coefficient (Wildman–Crippen LogP) is 2.63. The Morgan fingerprint density at radius 2 is 2.05 bits per heavy atom. The summed E-state index contributed by atoms with van der Waals surface area (Å²) in [5.41, 5.74) is 1.95. The Balaban J connectivity index is 1.66. The number of benzene rings is 2. The van der Waals surface area contributed by atoms with Crippen LogP contribution in [0, 0.1) is 0 Å². The molecule has 0 radical (unpaired) electrons. The molecule has 3 rings (SSSR count). The number of hydrogen-bond acceptors (Lipinski definition) is 4. The van der Waals surface area contributed by atoms with Crippen molar-refractivity contribution in [1.29, 1.82) is 0 Å². The van der Waals surface area contributed by atoms with Crippen molar-refractivity contribution in [1.82, 2.24) is 5.32 Å². The predicted molar refractivity (Wildman–Crippen MR) is 80.4 cm³/mol. The van der Waals surface area contributed by atoms with Crippen LogP contribution in [0.15, 0.2) is 48.5 Å². The minimum Gasteiger partial charge on any atom is -0.507 e. The maximum absolute atomic E-state index is 10.2. The lowest BCUT2D eigenvalue weighted by Gasteiger charge is -2.25. The maximum atomic E-state index is 10.2. The van der Waals surface area contributed by atoms with Crippen LogP contribution in [0.3, 0.4) is 0 Å². The lowest BCUT2D eigenvalue weighted by atomic mass is 10.1. The topological polar surface area (TPSA) is 50.7 Å². The van der Waals surface area contributed by atoms with Crippen LogP contribution in [-0.4, -0.2) is 24.9 Å². The second-order valence-corrected chi connectivity index (χ2v) is 5.08. The van der Waals surface area contributed by atoms with Gasteiger partial charge in [0.25, 0.3) is 0 Å². The van der Waals surface area contributed by atoms with Gasteiger partial charge < -0.3 is 19.9 Å². The van der Waals surface area contributed by atoms with Gasteiger partial charge in [-0.25, -0.2) is 0 Å². The molecule has 0 aliphatic carbocycles. The van der Waals surface area contributed by atoms with Gasteiger partial charge >= 0.3 is 0 Å². The molecule has 4 nitrogen and oxygen atoms in total. The number of rotatable bonds is 4. The Morgan fingerprint density at radius 3 is 2.76 bits per heavy atom. The fourth-order valence-corrected chi connectivity index (χ4v) is 2.41. The van der Waals surface area contributed by atoms with Crippen molar-refractivity contribution in [2.24, 2.45) is 0 Å². The van der Waals surface area contributed by atoms with Gasteiger partial charge in [0.2, 0.25) is 0 Å². The SMILES string of the molecule is Oc1cc(OCc2ccccc2)ccc1[C@H]1COCCN1. The van der Waals surface area contributed by atoms with Crippen molar-refractivity contribution in [3.8, 4) is 11.5 Å². The Kier molecular flexibility index (Phi) is 4.38. The van der Waals surface area contributed by atoms with Crippen LogP contribution in [0.1, 0.15) is 17.2 Å². The second-order valence-electron chi connectivity index (χ2n) is 5.08. The van der Waals surface area contributed by atoms with Gasteiger partial charge in [-0.1, -0.05) is 30.3 Å². The lowest BCUT2D eigenvalue weighted by molar-refractivity contribution is 0.0760. The zero-order valence-corrected chi connectivity index (χ0v) is 11.8. The molecule has 1 atom stereocenters. The summed E-state index contributed by atoms with van der Waals surface area (Å²) >= 11 is 0. The van der Waals surface area contributed by atoms with E-state index in [1.807, 2.05) is 42.5 Å². The smallest absolute Gasteiger partial charge is 0.124 e. The van der Waals surface area contributed by atoms with E-state index in [9.17, 15) is 5.11 Å². The summed E-state index contributed by atoms with van der Waals surface area (Å²) in [7, 11) is 0. The van der Waals surface area contributed by atoms with E-state index < -0.39 is 0 Å². The summed E-state index contributed by atoms with van der Waals surface area (Å²) in [6, 6.07) is 15.4. The van der Waals surface area contributed by atoms with E-state index in [0.29, 0.717) is 19.0 Å². The number of nitrogens with one attached hydrogen (secondary N) is 1. The molecule has 4 heteroatoms. The number of ether oxygens (including phenoxy) is 2. The number of aromatic hydroxyl groups is 1. The van der Waals surface area contributed by atoms with Crippen LogP contribution < -0.4 is 10.1 Å². The normalized spacial score (nSPS) is 18.4. The molecule has 1 fully saturated rings. The number of hydrogen-bond donors (Lipinski definition) is 2. The van der Waals surface area contributed by atoms with Gasteiger partial charge in [0.15, 0.2) is 0 Å². The first-order chi connectivity index (χ1) is 10.3. The van der Waals surface area contributed by atoms with Crippen molar-refractivity contribution in [2.45, 2.75) is 12.6 Å². The van der Waals surface area contributed by atoms with E-state index in [4.69, 9.17) is 9.47 Å². The van der Waals surface area contributed by atoms with Gasteiger partial charge in [-0.05, 0) is 17.7 Å². The fourth-order valence-electron chi connectivity index (χ4n) is 2.41. The molecule has 0 aromatic heterocycles. The molecule has 2 aromatic carbocycles. The monoisotopic (exact) mass is 285 g/mol. The quantitative estimate of drug-likeness (QED) is 0.906. The van der Waals surface area contributed by atoms with Gasteiger partial charge in [0, 0.05) is 18.2 Å². The van der Waals surface area contributed by atoms with Crippen LogP contribution >= 0.6 is 0 Å². The Labute approximate surface area is 124 Å². The average molecular weight is 285 g/mol. The molecule has 0 saturated carbocycles. The number of morpholine rings is 1. The van der Waals surface area contributed by atoms with Crippen molar-refractivity contribution in [3.63, 3.8) is 0 Å². The van der Waals surface area contributed by atoms with E-state index in [2.05, 4.69) is 5.32 Å². The van der Waals surface area contributed by atoms with Crippen LogP contribution in [0.4, 0.5) is 0 Å². The fraction of sp³-hybridized carbons (Fsp3) is 0.294. The van der Waals surface area contributed by atoms with Crippen LogP contribution in [0.2, 0.25) is 0 Å². The third-order valence-corrected chi connectivity index (χ3v) is 3.55. The summed E-state index contributed by atoms with van der Waals surface area (Å²) in [5.74, 6) is 0.903. The maximum Gasteiger partial charge on any atom is 0.124 e. The van der Waals surface area contributed by atoms with Gasteiger partial charge in [-0.3, -0.25) is 0 Å². The molecule has 1 aliphatic rings. The molecule has 2 aromatic rings. The minimum atomic E-state index is 0.0434. The highest BCUT2D eigenvalue weighted by atomic mass is 16.5. The van der Waals surface area contributed by atoms with E-state index >= 15 is 0 Å². The Hall–Kier alpha value is -2.04. The highest BCUT2D eigenvalue weighted by molar-refractivity contribution is 5.41. The van der Waals surface area contributed by atoms with Crippen molar-refractivity contribution in [3.05, 3.63) is 59.7 Å². The molecule has 1 saturated heterocycles. The molecule has 0 bridgehead atoms. The van der Waals surface area contributed by atoms with Crippen LogP contribution in [0.5, 0.6) is 11.5 Å². The van der Waals surface area contributed by atoms with Gasteiger partial charge in [-0.2, -0.15) is 0 Å². The van der Waals surface area contributed by atoms with Gasteiger partial charge in [0.05, 0.1) is 19.3 Å². The first-order valence-corrected chi connectivity index (χ1v) is 7.14. The van der Waals surface area contributed by atoms with Gasteiger partial charge in [-0.15, -0.1) is 0 Å². The summed E-state index contributed by atoms with van der Waals surface area (Å²) in [5, 5.41) is 13.5. The second kappa shape index (κ2) is 6.61. The van der Waals surface area contributed by atoms with E-state index in [1.165, 1.54) is 0 Å². The van der Waals surface area contributed by atoms with Crippen LogP contribution in [0.25, 0.3) is 0 Å². The molecule has 0 spiro atoms. The largest absolute Gasteiger partial charge is 0.507 e. The molecule has 110 valence electrons. The molecule has 0 amide bonds. The molecular weight excluding hydrogens is 266 g/mol. The van der Waals surface area contributed by atoms with Crippen molar-refractivity contribution >= 4 is 0 Å². The van der Waals surface area contributed by atoms with Crippen molar-refractivity contribution in [2.75, 3.05) is 19.8 Å². The molecule has 0 unspecified atom stereocenters. The molecule has 1 heterocycles. The highest BCUT2D eigenvalue weighted by Crippen LogP contribution is 2.29. The number of phenols is 1. The average Bonchev–Trinajstić information content (AvgIpc) is 2.55. The first kappa shape index (κ1) is 13.9. The summed E-state index contributed by atoms with van der Waals surface area (Å²) in [4.78, 5) is 0. The van der Waals surface area contributed by atoms with E-state index in [1.54, 1.807) is 6.07 Å². The van der Waals surface area contributed by atoms with Gasteiger partial charge in [0.1, 0.15) is 18.1 Å². The zero-order chi connectivity index (χ0) is 14.5. The van der Waals surface area contributed by atoms with E-state index in [0.717, 1.165) is 24.3 Å². The summed E-state index contributed by atoms with van der Waals surface area (Å²) in [6.45, 7) is 2.59. The van der Waals surface area contributed by atoms with Crippen LogP contribution in [-0.2, 0) is 11.3 Å². The first-order valence-electron chi connectivity index (χ1n) is 7.14. The van der Waals surface area contributed by atoms with Crippen molar-refractivity contribution < 1.29 is 14.6 Å². The zero-order valence-electron chi connectivity index (χ0n) is 11.8. The lowest BCUT2D eigenvalue weighted by Crippen LogP contribution is -2.34. The third-order valence-electron chi connectivity index (χ3n) is 3.55. The molecular formula is C17H19NO3. The third kappa shape index (κ3) is 3.54. The highest BCUT2D eigenvalue weighted by Gasteiger charge is 2.18. The summed E-state index contributed by atoms with van der Waals surface area (Å²) in [6.07, 6.45) is 0. The Morgan fingerprint density at radius 1 is 1.19 bits per heavy atom. The summed E-state index contributed by atoms with van der Waals surface area (Å²) < 4.78 is 11.1. The minimum absolute atomic E-state index is 0.0434. The molecule has 21 heavy (non-hydrogen) atoms.